The van der Waals surface area contributed by atoms with Crippen LogP contribution < -0.4 is 10.6 Å². The van der Waals surface area contributed by atoms with E-state index in [1.54, 1.807) is 0 Å². The van der Waals surface area contributed by atoms with Gasteiger partial charge in [0.25, 0.3) is 11.5 Å². The van der Waals surface area contributed by atoms with E-state index in [4.69, 9.17) is 21.7 Å². The van der Waals surface area contributed by atoms with Gasteiger partial charge in [-0.25, -0.2) is 4.79 Å². The predicted octanol–water partition coefficient (Wildman–Crippen LogP) is 2.42. The number of carbonyl (C=O) groups is 1. The Kier molecular flexibility index (Phi) is 6.39. The van der Waals surface area contributed by atoms with Crippen molar-refractivity contribution < 1.29 is 14.3 Å². The van der Waals surface area contributed by atoms with Crippen LogP contribution in [0.5, 0.6) is 0 Å². The number of nitrogens with zero attached hydrogens (tertiary/aromatic N) is 1. The first-order valence-corrected chi connectivity index (χ1v) is 8.46. The molecule has 1 fully saturated rings. The summed E-state index contributed by atoms with van der Waals surface area (Å²) < 4.78 is 11.3. The summed E-state index contributed by atoms with van der Waals surface area (Å²) in [5.41, 5.74) is 0.344. The van der Waals surface area contributed by atoms with E-state index in [1.165, 1.54) is 0 Å². The van der Waals surface area contributed by atoms with Crippen LogP contribution in [0.4, 0.5) is 4.79 Å². The first kappa shape index (κ1) is 18.5. The molecule has 7 heteroatoms. The maximum atomic E-state index is 12.1. The van der Waals surface area contributed by atoms with Gasteiger partial charge in [-0.05, 0) is 33.0 Å². The second-order valence-electron chi connectivity index (χ2n) is 6.64. The molecule has 1 heterocycles. The average Bonchev–Trinajstić information content (AvgIpc) is 2.54. The molecule has 24 heavy (non-hydrogen) atoms. The molecule has 1 aromatic rings. The van der Waals surface area contributed by atoms with Gasteiger partial charge < -0.3 is 25.0 Å². The molecule has 0 bridgehead atoms. The number of hydrogen-bond acceptors (Lipinski definition) is 5. The molecular formula is C17H25N3O3S. The molecule has 0 spiro atoms. The molecule has 1 saturated heterocycles. The lowest BCUT2D eigenvalue weighted by Crippen LogP contribution is -2.47. The van der Waals surface area contributed by atoms with Crippen molar-refractivity contribution in [3.63, 3.8) is 0 Å². The van der Waals surface area contributed by atoms with Crippen LogP contribution in [0.25, 0.3) is 0 Å². The number of carbonyl (C=O) groups excluding carboxylic acids is 1. The average molecular weight is 351 g/mol. The summed E-state index contributed by atoms with van der Waals surface area (Å²) in [6, 6.07) is 9.31. The Hall–Kier alpha value is -1.86. The molecule has 6 nitrogen and oxygen atoms in total. The standard InChI is InChI=1S/C17H25N3O3S/c1-17(2,3)19-15(21)22-14(13-7-5-4-6-8-13)23-16(24)20-11-9-18-10-12-20/h4-8,14,18H,9-12H2,1-3H3,(H,19,21). The number of hydrogen-bond donors (Lipinski definition) is 2. The molecule has 132 valence electrons. The molecule has 2 N–H and O–H groups in total. The molecule has 1 aliphatic heterocycles. The minimum Gasteiger partial charge on any atom is -0.426 e. The molecule has 1 amide bonds. The fourth-order valence-corrected chi connectivity index (χ4v) is 2.49. The van der Waals surface area contributed by atoms with E-state index in [9.17, 15) is 4.79 Å². The maximum Gasteiger partial charge on any atom is 0.410 e. The highest BCUT2D eigenvalue weighted by Gasteiger charge is 2.25. The van der Waals surface area contributed by atoms with Crippen LogP contribution in [0.15, 0.2) is 30.3 Å². The van der Waals surface area contributed by atoms with Crippen molar-refractivity contribution in [3.8, 4) is 0 Å². The minimum absolute atomic E-state index is 0.342. The first-order chi connectivity index (χ1) is 11.3. The van der Waals surface area contributed by atoms with Gasteiger partial charge in [0.15, 0.2) is 0 Å². The van der Waals surface area contributed by atoms with Crippen LogP contribution in [0.2, 0.25) is 0 Å². The number of amides is 1. The van der Waals surface area contributed by atoms with Gasteiger partial charge in [0.2, 0.25) is 0 Å². The van der Waals surface area contributed by atoms with Crippen LogP contribution in [0.3, 0.4) is 0 Å². The SMILES string of the molecule is CC(C)(C)NC(=O)OC(OC(=S)N1CCNCC1)c1ccccc1. The molecule has 0 aromatic heterocycles. The lowest BCUT2D eigenvalue weighted by Gasteiger charge is -2.31. The zero-order valence-electron chi connectivity index (χ0n) is 14.4. The maximum absolute atomic E-state index is 12.1. The summed E-state index contributed by atoms with van der Waals surface area (Å²) in [5.74, 6) is 0. The normalized spacial score (nSPS) is 16.2. The summed E-state index contributed by atoms with van der Waals surface area (Å²) in [6.45, 7) is 8.91. The molecular weight excluding hydrogens is 326 g/mol. The Balaban J connectivity index is 2.05. The van der Waals surface area contributed by atoms with Crippen LogP contribution in [-0.4, -0.2) is 47.9 Å². The monoisotopic (exact) mass is 351 g/mol. The third-order valence-corrected chi connectivity index (χ3v) is 3.70. The Morgan fingerprint density at radius 1 is 1.21 bits per heavy atom. The van der Waals surface area contributed by atoms with E-state index in [-0.39, 0.29) is 0 Å². The third-order valence-electron chi connectivity index (χ3n) is 3.35. The van der Waals surface area contributed by atoms with Crippen molar-refractivity contribution in [2.24, 2.45) is 0 Å². The first-order valence-electron chi connectivity index (χ1n) is 8.05. The number of benzene rings is 1. The van der Waals surface area contributed by atoms with Gasteiger partial charge in [0, 0.05) is 37.3 Å². The molecule has 0 saturated carbocycles. The fraction of sp³-hybridized carbons (Fsp3) is 0.529. The van der Waals surface area contributed by atoms with E-state index in [0.29, 0.717) is 5.17 Å². The van der Waals surface area contributed by atoms with Crippen LogP contribution in [-0.2, 0) is 9.47 Å². The van der Waals surface area contributed by atoms with Gasteiger partial charge in [0.05, 0.1) is 0 Å². The van der Waals surface area contributed by atoms with Crippen molar-refractivity contribution in [1.82, 2.24) is 15.5 Å². The number of thiocarbonyl (C=S) groups is 1. The summed E-state index contributed by atoms with van der Waals surface area (Å²) in [5, 5.41) is 6.37. The fourth-order valence-electron chi connectivity index (χ4n) is 2.22. The molecule has 0 radical (unpaired) electrons. The van der Waals surface area contributed by atoms with Gasteiger partial charge >= 0.3 is 6.09 Å². The largest absolute Gasteiger partial charge is 0.426 e. The molecule has 0 aliphatic carbocycles. The molecule has 1 atom stereocenters. The number of nitrogens with one attached hydrogen (secondary N) is 2. The van der Waals surface area contributed by atoms with Crippen molar-refractivity contribution in [3.05, 3.63) is 35.9 Å². The molecule has 1 unspecified atom stereocenters. The summed E-state index contributed by atoms with van der Waals surface area (Å²) in [4.78, 5) is 14.1. The van der Waals surface area contributed by atoms with Crippen molar-refractivity contribution in [2.45, 2.75) is 32.6 Å². The van der Waals surface area contributed by atoms with Crippen molar-refractivity contribution in [1.29, 1.82) is 0 Å². The van der Waals surface area contributed by atoms with Crippen molar-refractivity contribution >= 4 is 23.5 Å². The number of ether oxygens (including phenoxy) is 2. The lowest BCUT2D eigenvalue weighted by molar-refractivity contribution is -0.0527. The molecule has 1 aliphatic rings. The summed E-state index contributed by atoms with van der Waals surface area (Å²) >= 11 is 5.38. The number of alkyl carbamates (subject to hydrolysis) is 1. The summed E-state index contributed by atoms with van der Waals surface area (Å²) in [6.07, 6.45) is -1.42. The van der Waals surface area contributed by atoms with Gasteiger partial charge in [-0.15, -0.1) is 0 Å². The Bertz CT molecular complexity index is 554. The summed E-state index contributed by atoms with van der Waals surface area (Å²) in [7, 11) is 0. The van der Waals surface area contributed by atoms with E-state index in [2.05, 4.69) is 10.6 Å². The third kappa shape index (κ3) is 5.98. The number of piperazine rings is 1. The van der Waals surface area contributed by atoms with Crippen LogP contribution in [0, 0.1) is 0 Å². The minimum atomic E-state index is -0.879. The van der Waals surface area contributed by atoms with Crippen LogP contribution >= 0.6 is 12.2 Å². The Morgan fingerprint density at radius 2 is 1.83 bits per heavy atom. The van der Waals surface area contributed by atoms with E-state index < -0.39 is 17.9 Å². The van der Waals surface area contributed by atoms with Gasteiger partial charge in [-0.1, -0.05) is 30.3 Å². The van der Waals surface area contributed by atoms with Gasteiger partial charge in [0.1, 0.15) is 0 Å². The Morgan fingerprint density at radius 3 is 2.42 bits per heavy atom. The second-order valence-corrected chi connectivity index (χ2v) is 6.99. The highest BCUT2D eigenvalue weighted by Crippen LogP contribution is 2.21. The van der Waals surface area contributed by atoms with E-state index >= 15 is 0 Å². The molecule has 1 aromatic carbocycles. The smallest absolute Gasteiger partial charge is 0.410 e. The lowest BCUT2D eigenvalue weighted by atomic mass is 10.1. The quantitative estimate of drug-likeness (QED) is 0.644. The van der Waals surface area contributed by atoms with Crippen molar-refractivity contribution in [2.75, 3.05) is 26.2 Å². The van der Waals surface area contributed by atoms with Crippen LogP contribution in [0.1, 0.15) is 32.6 Å². The highest BCUT2D eigenvalue weighted by atomic mass is 32.1. The highest BCUT2D eigenvalue weighted by molar-refractivity contribution is 7.80. The zero-order valence-corrected chi connectivity index (χ0v) is 15.2. The van der Waals surface area contributed by atoms with Gasteiger partial charge in [-0.3, -0.25) is 0 Å². The van der Waals surface area contributed by atoms with E-state index in [0.717, 1.165) is 31.7 Å². The van der Waals surface area contributed by atoms with Gasteiger partial charge in [-0.2, -0.15) is 0 Å². The number of rotatable bonds is 3. The molecule has 2 rings (SSSR count). The second kappa shape index (κ2) is 8.30. The zero-order chi connectivity index (χ0) is 17.6. The predicted molar refractivity (Wildman–Crippen MR) is 96.7 cm³/mol. The van der Waals surface area contributed by atoms with E-state index in [1.807, 2.05) is 56.0 Å². The topological polar surface area (TPSA) is 62.8 Å². The Labute approximate surface area is 148 Å².